The summed E-state index contributed by atoms with van der Waals surface area (Å²) in [6, 6.07) is 7.81. The molecule has 6 heteroatoms. The van der Waals surface area contributed by atoms with E-state index in [-0.39, 0.29) is 6.54 Å². The number of halogens is 4. The van der Waals surface area contributed by atoms with E-state index in [4.69, 9.17) is 5.73 Å². The number of benzene rings is 1. The first-order valence-electron chi connectivity index (χ1n) is 4.56. The second-order valence-corrected chi connectivity index (χ2v) is 3.12. The Morgan fingerprint density at radius 3 is 2.19 bits per heavy atom. The summed E-state index contributed by atoms with van der Waals surface area (Å²) in [4.78, 5) is 0. The van der Waals surface area contributed by atoms with Gasteiger partial charge >= 0.3 is 12.5 Å². The van der Waals surface area contributed by atoms with Crippen LogP contribution in [0.4, 0.5) is 17.6 Å². The number of hydrogen-bond donors (Lipinski definition) is 1. The zero-order valence-corrected chi connectivity index (χ0v) is 8.25. The molecular formula is C10H11F4NO. The highest BCUT2D eigenvalue weighted by molar-refractivity contribution is 5.17. The summed E-state index contributed by atoms with van der Waals surface area (Å²) in [7, 11) is 0. The van der Waals surface area contributed by atoms with Gasteiger partial charge in [-0.3, -0.25) is 0 Å². The first-order chi connectivity index (χ1) is 7.47. The summed E-state index contributed by atoms with van der Waals surface area (Å²) in [5.74, 6) is 0. The Balaban J connectivity index is 2.78. The van der Waals surface area contributed by atoms with Gasteiger partial charge in [-0.1, -0.05) is 30.3 Å². The van der Waals surface area contributed by atoms with Crippen LogP contribution < -0.4 is 5.73 Å². The molecule has 1 atom stereocenters. The number of hydrogen-bond acceptors (Lipinski definition) is 2. The van der Waals surface area contributed by atoms with Crippen molar-refractivity contribution in [1.82, 2.24) is 0 Å². The summed E-state index contributed by atoms with van der Waals surface area (Å²) in [6.07, 6.45) is -9.60. The van der Waals surface area contributed by atoms with Crippen LogP contribution in [0.25, 0.3) is 0 Å². The van der Waals surface area contributed by atoms with Gasteiger partial charge in [-0.15, -0.1) is 0 Å². The van der Waals surface area contributed by atoms with Crippen molar-refractivity contribution < 1.29 is 22.3 Å². The van der Waals surface area contributed by atoms with E-state index < -0.39 is 18.6 Å². The van der Waals surface area contributed by atoms with E-state index >= 15 is 0 Å². The van der Waals surface area contributed by atoms with Crippen LogP contribution in [0.1, 0.15) is 11.7 Å². The molecule has 0 fully saturated rings. The molecule has 0 aliphatic heterocycles. The predicted octanol–water partition coefficient (Wildman–Crippen LogP) is 2.56. The van der Waals surface area contributed by atoms with Gasteiger partial charge < -0.3 is 10.5 Å². The van der Waals surface area contributed by atoms with Crippen LogP contribution in [-0.2, 0) is 4.74 Å². The Morgan fingerprint density at radius 1 is 1.19 bits per heavy atom. The Labute approximate surface area is 90.0 Å². The lowest BCUT2D eigenvalue weighted by Crippen LogP contribution is -2.34. The fourth-order valence-electron chi connectivity index (χ4n) is 1.16. The maximum atomic E-state index is 12.6. The molecule has 0 spiro atoms. The van der Waals surface area contributed by atoms with Crippen molar-refractivity contribution in [2.75, 3.05) is 6.54 Å². The third kappa shape index (κ3) is 3.18. The highest BCUT2D eigenvalue weighted by Crippen LogP contribution is 2.30. The van der Waals surface area contributed by atoms with Crippen LogP contribution in [0.3, 0.4) is 0 Å². The van der Waals surface area contributed by atoms with Gasteiger partial charge in [0.05, 0.1) is 0 Å². The highest BCUT2D eigenvalue weighted by Gasteiger charge is 2.44. The Hall–Kier alpha value is -1.14. The third-order valence-electron chi connectivity index (χ3n) is 1.94. The largest absolute Gasteiger partial charge is 0.417 e. The molecule has 1 rings (SSSR count). The molecule has 0 aliphatic carbocycles. The average Bonchev–Trinajstić information content (AvgIpc) is 2.27. The number of ether oxygens (including phenoxy) is 1. The van der Waals surface area contributed by atoms with E-state index in [0.717, 1.165) is 0 Å². The van der Waals surface area contributed by atoms with Gasteiger partial charge in [0.2, 0.25) is 0 Å². The molecule has 0 heterocycles. The maximum absolute atomic E-state index is 12.6. The van der Waals surface area contributed by atoms with Crippen LogP contribution in [0.5, 0.6) is 0 Å². The topological polar surface area (TPSA) is 35.2 Å². The van der Waals surface area contributed by atoms with Crippen LogP contribution in [0, 0.1) is 0 Å². The van der Waals surface area contributed by atoms with Crippen molar-refractivity contribution in [3.05, 3.63) is 35.9 Å². The van der Waals surface area contributed by atoms with E-state index in [1.54, 1.807) is 18.2 Å². The van der Waals surface area contributed by atoms with E-state index in [9.17, 15) is 17.6 Å². The summed E-state index contributed by atoms with van der Waals surface area (Å²) in [6.45, 7) is -0.299. The first kappa shape index (κ1) is 12.9. The molecule has 2 N–H and O–H groups in total. The summed E-state index contributed by atoms with van der Waals surface area (Å²) in [5, 5.41) is 0. The van der Waals surface area contributed by atoms with E-state index in [1.165, 1.54) is 12.1 Å². The Morgan fingerprint density at radius 2 is 1.75 bits per heavy atom. The second kappa shape index (κ2) is 5.27. The third-order valence-corrected chi connectivity index (χ3v) is 1.94. The minimum atomic E-state index is -4.49. The van der Waals surface area contributed by atoms with Gasteiger partial charge in [-0.2, -0.15) is 8.78 Å². The van der Waals surface area contributed by atoms with Crippen LogP contribution in [0.2, 0.25) is 0 Å². The van der Waals surface area contributed by atoms with Crippen molar-refractivity contribution in [1.29, 1.82) is 0 Å². The molecule has 0 aromatic heterocycles. The molecule has 0 radical (unpaired) electrons. The molecule has 0 bridgehead atoms. The lowest BCUT2D eigenvalue weighted by atomic mass is 10.1. The van der Waals surface area contributed by atoms with Crippen LogP contribution in [-0.4, -0.2) is 19.1 Å². The Bertz CT molecular complexity index is 318. The first-order valence-corrected chi connectivity index (χ1v) is 4.56. The molecule has 0 aliphatic rings. The van der Waals surface area contributed by atoms with Crippen LogP contribution >= 0.6 is 0 Å². The zero-order valence-electron chi connectivity index (χ0n) is 8.25. The van der Waals surface area contributed by atoms with Crippen molar-refractivity contribution in [2.24, 2.45) is 5.73 Å². The highest BCUT2D eigenvalue weighted by atomic mass is 19.3. The summed E-state index contributed by atoms with van der Waals surface area (Å²) in [5.41, 5.74) is 5.55. The summed E-state index contributed by atoms with van der Waals surface area (Å²) < 4.78 is 53.1. The molecule has 1 aromatic carbocycles. The minimum Gasteiger partial charge on any atom is -0.328 e. The van der Waals surface area contributed by atoms with Gasteiger partial charge in [0.1, 0.15) is 6.10 Å². The minimum absolute atomic E-state index is 0.299. The normalized spacial score (nSPS) is 14.1. The molecule has 16 heavy (non-hydrogen) atoms. The molecule has 0 saturated heterocycles. The molecule has 90 valence electrons. The van der Waals surface area contributed by atoms with Crippen molar-refractivity contribution in [3.8, 4) is 0 Å². The lowest BCUT2D eigenvalue weighted by molar-refractivity contribution is -0.318. The fourth-order valence-corrected chi connectivity index (χ4v) is 1.16. The fraction of sp³-hybridized carbons (Fsp3) is 0.400. The molecule has 2 nitrogen and oxygen atoms in total. The number of rotatable bonds is 5. The van der Waals surface area contributed by atoms with E-state index in [0.29, 0.717) is 5.56 Å². The van der Waals surface area contributed by atoms with Crippen LogP contribution in [0.15, 0.2) is 30.3 Å². The maximum Gasteiger partial charge on any atom is 0.417 e. The van der Waals surface area contributed by atoms with Crippen molar-refractivity contribution in [2.45, 2.75) is 18.6 Å². The van der Waals surface area contributed by atoms with Gasteiger partial charge in [-0.05, 0) is 5.56 Å². The number of nitrogens with two attached hydrogens (primary N) is 1. The Kier molecular flexibility index (Phi) is 4.26. The second-order valence-electron chi connectivity index (χ2n) is 3.12. The van der Waals surface area contributed by atoms with Crippen molar-refractivity contribution in [3.63, 3.8) is 0 Å². The average molecular weight is 237 g/mol. The standard InChI is InChI=1S/C10H11F4NO/c11-9(12)10(13,14)16-8(6-15)7-4-2-1-3-5-7/h1-5,8-9H,6,15H2. The number of alkyl halides is 4. The van der Waals surface area contributed by atoms with Gasteiger partial charge in [0.25, 0.3) is 0 Å². The summed E-state index contributed by atoms with van der Waals surface area (Å²) >= 11 is 0. The molecular weight excluding hydrogens is 226 g/mol. The van der Waals surface area contributed by atoms with E-state index in [1.807, 2.05) is 0 Å². The van der Waals surface area contributed by atoms with Crippen molar-refractivity contribution >= 4 is 0 Å². The monoisotopic (exact) mass is 237 g/mol. The zero-order chi connectivity index (χ0) is 12.2. The molecule has 1 aromatic rings. The van der Waals surface area contributed by atoms with Gasteiger partial charge in [0, 0.05) is 6.54 Å². The SMILES string of the molecule is NCC(OC(F)(F)C(F)F)c1ccccc1. The molecule has 0 amide bonds. The predicted molar refractivity (Wildman–Crippen MR) is 50.3 cm³/mol. The smallest absolute Gasteiger partial charge is 0.328 e. The molecule has 0 saturated carbocycles. The molecule has 1 unspecified atom stereocenters. The van der Waals surface area contributed by atoms with Gasteiger partial charge in [-0.25, -0.2) is 8.78 Å². The lowest BCUT2D eigenvalue weighted by Gasteiger charge is -2.22. The quantitative estimate of drug-likeness (QED) is 0.799. The van der Waals surface area contributed by atoms with E-state index in [2.05, 4.69) is 4.74 Å². The van der Waals surface area contributed by atoms with Gasteiger partial charge in [0.15, 0.2) is 0 Å².